The van der Waals surface area contributed by atoms with E-state index in [0.717, 1.165) is 0 Å². The predicted octanol–water partition coefficient (Wildman–Crippen LogP) is 1.28. The third-order valence-corrected chi connectivity index (χ3v) is 3.42. The highest BCUT2D eigenvalue weighted by Gasteiger charge is 2.56. The van der Waals surface area contributed by atoms with Crippen LogP contribution in [0.15, 0.2) is 0 Å². The quantitative estimate of drug-likeness (QED) is 0.529. The van der Waals surface area contributed by atoms with Gasteiger partial charge in [0.05, 0.1) is 12.7 Å². The lowest BCUT2D eigenvalue weighted by atomic mass is 9.77. The Balaban J connectivity index is 3.06. The molecule has 18 heavy (non-hydrogen) atoms. The fraction of sp³-hybridized carbons (Fsp3) is 0.769. The fourth-order valence-corrected chi connectivity index (χ4v) is 2.56. The van der Waals surface area contributed by atoms with Gasteiger partial charge in [-0.1, -0.05) is 0 Å². The lowest BCUT2D eigenvalue weighted by Gasteiger charge is -2.32. The highest BCUT2D eigenvalue weighted by molar-refractivity contribution is 6.06. The van der Waals surface area contributed by atoms with Crippen molar-refractivity contribution in [3.63, 3.8) is 0 Å². The van der Waals surface area contributed by atoms with Gasteiger partial charge in [-0.3, -0.25) is 14.4 Å². The number of methoxy groups -OCH3 is 1. The van der Waals surface area contributed by atoms with Crippen molar-refractivity contribution in [1.82, 2.24) is 0 Å². The molecule has 0 saturated heterocycles. The van der Waals surface area contributed by atoms with E-state index in [1.807, 2.05) is 0 Å². The molecular weight excluding hydrogens is 236 g/mol. The predicted molar refractivity (Wildman–Crippen MR) is 64.0 cm³/mol. The lowest BCUT2D eigenvalue weighted by molar-refractivity contribution is -0.168. The van der Waals surface area contributed by atoms with Gasteiger partial charge in [-0.2, -0.15) is 0 Å². The minimum atomic E-state index is -1.28. The van der Waals surface area contributed by atoms with Crippen molar-refractivity contribution in [3.8, 4) is 0 Å². The summed E-state index contributed by atoms with van der Waals surface area (Å²) in [6.07, 6.45) is 0.716. The summed E-state index contributed by atoms with van der Waals surface area (Å²) in [7, 11) is 1.42. The molecule has 1 aliphatic carbocycles. The average Bonchev–Trinajstić information content (AvgIpc) is 2.69. The van der Waals surface area contributed by atoms with Gasteiger partial charge in [-0.15, -0.1) is 0 Å². The number of ether oxygens (including phenoxy) is 2. The normalized spacial score (nSPS) is 24.9. The molecule has 0 aromatic carbocycles. The van der Waals surface area contributed by atoms with E-state index in [1.165, 1.54) is 14.0 Å². The molecule has 1 aliphatic rings. The van der Waals surface area contributed by atoms with Gasteiger partial charge >= 0.3 is 5.97 Å². The second-order valence-corrected chi connectivity index (χ2v) is 4.60. The van der Waals surface area contributed by atoms with Crippen molar-refractivity contribution in [1.29, 1.82) is 0 Å². The van der Waals surface area contributed by atoms with Crippen LogP contribution in [0.3, 0.4) is 0 Å². The van der Waals surface area contributed by atoms with E-state index >= 15 is 0 Å². The maximum Gasteiger partial charge on any atom is 0.322 e. The highest BCUT2D eigenvalue weighted by atomic mass is 16.5. The van der Waals surface area contributed by atoms with E-state index in [0.29, 0.717) is 19.3 Å². The summed E-state index contributed by atoms with van der Waals surface area (Å²) in [6.45, 7) is 3.33. The molecule has 1 fully saturated rings. The Labute approximate surface area is 107 Å². The maximum atomic E-state index is 12.1. The highest BCUT2D eigenvalue weighted by Crippen LogP contribution is 2.41. The smallest absolute Gasteiger partial charge is 0.322 e. The summed E-state index contributed by atoms with van der Waals surface area (Å²) >= 11 is 0. The van der Waals surface area contributed by atoms with Crippen LogP contribution in [0.4, 0.5) is 0 Å². The van der Waals surface area contributed by atoms with Crippen molar-refractivity contribution < 1.29 is 23.9 Å². The second-order valence-electron chi connectivity index (χ2n) is 4.60. The second kappa shape index (κ2) is 6.09. The number of hydrogen-bond acceptors (Lipinski definition) is 5. The summed E-state index contributed by atoms with van der Waals surface area (Å²) in [5.74, 6) is -0.833. The molecule has 0 bridgehead atoms. The Hall–Kier alpha value is -1.23. The Morgan fingerprint density at radius 2 is 2.11 bits per heavy atom. The fourth-order valence-electron chi connectivity index (χ4n) is 2.56. The number of carbonyl (C=O) groups excluding carboxylic acids is 3. The van der Waals surface area contributed by atoms with E-state index in [9.17, 15) is 14.4 Å². The van der Waals surface area contributed by atoms with Gasteiger partial charge in [0, 0.05) is 20.0 Å². The molecule has 1 rings (SSSR count). The lowest BCUT2D eigenvalue weighted by Crippen LogP contribution is -2.48. The van der Waals surface area contributed by atoms with Crippen LogP contribution in [0.1, 0.15) is 39.5 Å². The van der Waals surface area contributed by atoms with Gasteiger partial charge in [-0.05, 0) is 26.7 Å². The first-order chi connectivity index (χ1) is 8.48. The van der Waals surface area contributed by atoms with Crippen molar-refractivity contribution in [2.24, 2.45) is 5.41 Å². The minimum Gasteiger partial charge on any atom is -0.465 e. The first-order valence-electron chi connectivity index (χ1n) is 6.21. The molecule has 0 spiro atoms. The topological polar surface area (TPSA) is 69.7 Å². The van der Waals surface area contributed by atoms with Crippen molar-refractivity contribution >= 4 is 17.5 Å². The van der Waals surface area contributed by atoms with Gasteiger partial charge in [0.25, 0.3) is 0 Å². The molecule has 1 saturated carbocycles. The molecule has 0 aromatic heterocycles. The molecule has 102 valence electrons. The van der Waals surface area contributed by atoms with Gasteiger partial charge in [-0.25, -0.2) is 0 Å². The largest absolute Gasteiger partial charge is 0.465 e. The molecule has 0 heterocycles. The van der Waals surface area contributed by atoms with Crippen LogP contribution in [-0.4, -0.2) is 37.4 Å². The molecule has 0 N–H and O–H groups in total. The Kier molecular flexibility index (Phi) is 5.02. The number of ketones is 2. The van der Waals surface area contributed by atoms with E-state index in [-0.39, 0.29) is 24.6 Å². The van der Waals surface area contributed by atoms with E-state index in [1.54, 1.807) is 6.92 Å². The zero-order valence-corrected chi connectivity index (χ0v) is 11.2. The van der Waals surface area contributed by atoms with Crippen LogP contribution in [-0.2, 0) is 23.9 Å². The van der Waals surface area contributed by atoms with Crippen LogP contribution < -0.4 is 0 Å². The molecule has 0 aliphatic heterocycles. The molecular formula is C13H20O5. The van der Waals surface area contributed by atoms with E-state index in [2.05, 4.69) is 0 Å². The summed E-state index contributed by atoms with van der Waals surface area (Å²) in [6, 6.07) is 0. The Bertz CT molecular complexity index is 349. The molecule has 5 nitrogen and oxygen atoms in total. The van der Waals surface area contributed by atoms with Crippen molar-refractivity contribution in [2.45, 2.75) is 45.6 Å². The van der Waals surface area contributed by atoms with Gasteiger partial charge < -0.3 is 9.47 Å². The van der Waals surface area contributed by atoms with Crippen molar-refractivity contribution in [3.05, 3.63) is 0 Å². The molecule has 0 aromatic rings. The number of hydrogen-bond donors (Lipinski definition) is 0. The summed E-state index contributed by atoms with van der Waals surface area (Å²) in [4.78, 5) is 35.5. The zero-order valence-electron chi connectivity index (χ0n) is 11.2. The van der Waals surface area contributed by atoms with Gasteiger partial charge in [0.15, 0.2) is 11.2 Å². The number of rotatable bonds is 6. The van der Waals surface area contributed by atoms with Crippen LogP contribution >= 0.6 is 0 Å². The first kappa shape index (κ1) is 14.8. The van der Waals surface area contributed by atoms with Crippen LogP contribution in [0, 0.1) is 5.41 Å². The molecule has 5 heteroatoms. The van der Waals surface area contributed by atoms with Gasteiger partial charge in [0.2, 0.25) is 0 Å². The maximum absolute atomic E-state index is 12.1. The summed E-state index contributed by atoms with van der Waals surface area (Å²) in [5, 5.41) is 0. The SMILES string of the molecule is CCOC(=O)C1(C(CC(C)=O)OC)CCCC1=O. The number of carbonyl (C=O) groups is 3. The molecule has 2 unspecified atom stereocenters. The van der Waals surface area contributed by atoms with Crippen molar-refractivity contribution in [2.75, 3.05) is 13.7 Å². The minimum absolute atomic E-state index is 0.0566. The van der Waals surface area contributed by atoms with Crippen LogP contribution in [0.25, 0.3) is 0 Å². The van der Waals surface area contributed by atoms with E-state index < -0.39 is 17.5 Å². The number of esters is 1. The third kappa shape index (κ3) is 2.61. The average molecular weight is 256 g/mol. The standard InChI is InChI=1S/C13H20O5/c1-4-18-12(16)13(7-5-6-10(13)15)11(17-3)8-9(2)14/h11H,4-8H2,1-3H3. The monoisotopic (exact) mass is 256 g/mol. The molecule has 0 amide bonds. The summed E-state index contributed by atoms with van der Waals surface area (Å²) < 4.78 is 10.3. The zero-order chi connectivity index (χ0) is 13.8. The molecule has 2 atom stereocenters. The Morgan fingerprint density at radius 1 is 1.44 bits per heavy atom. The summed E-state index contributed by atoms with van der Waals surface area (Å²) in [5.41, 5.74) is -1.28. The van der Waals surface area contributed by atoms with Crippen LogP contribution in [0.2, 0.25) is 0 Å². The molecule has 0 radical (unpaired) electrons. The van der Waals surface area contributed by atoms with E-state index in [4.69, 9.17) is 9.47 Å². The number of Topliss-reactive ketones (excluding diaryl/α,β-unsaturated/α-hetero) is 2. The Morgan fingerprint density at radius 3 is 2.50 bits per heavy atom. The van der Waals surface area contributed by atoms with Crippen LogP contribution in [0.5, 0.6) is 0 Å². The third-order valence-electron chi connectivity index (χ3n) is 3.42. The van der Waals surface area contributed by atoms with Gasteiger partial charge in [0.1, 0.15) is 5.78 Å². The first-order valence-corrected chi connectivity index (χ1v) is 6.21.